The summed E-state index contributed by atoms with van der Waals surface area (Å²) in [5.74, 6) is 0.574. The molecule has 2 heteroatoms. The molecule has 0 aliphatic rings. The molecule has 0 bridgehead atoms. The minimum atomic E-state index is 0.00788. The van der Waals surface area contributed by atoms with Crippen molar-refractivity contribution < 1.29 is 9.53 Å². The highest BCUT2D eigenvalue weighted by Gasteiger charge is 2.10. The first-order chi connectivity index (χ1) is 9.74. The molecule has 0 aromatic carbocycles. The first-order valence-corrected chi connectivity index (χ1v) is 8.90. The van der Waals surface area contributed by atoms with Crippen molar-refractivity contribution >= 4 is 5.97 Å². The van der Waals surface area contributed by atoms with Crippen molar-refractivity contribution in [2.24, 2.45) is 5.92 Å². The van der Waals surface area contributed by atoms with Crippen molar-refractivity contribution in [3.05, 3.63) is 0 Å². The van der Waals surface area contributed by atoms with E-state index in [-0.39, 0.29) is 5.97 Å². The molecule has 0 aromatic heterocycles. The summed E-state index contributed by atoms with van der Waals surface area (Å²) in [6.45, 7) is 7.28. The van der Waals surface area contributed by atoms with Gasteiger partial charge in [-0.3, -0.25) is 4.79 Å². The van der Waals surface area contributed by atoms with E-state index >= 15 is 0 Å². The molecule has 0 fully saturated rings. The zero-order valence-electron chi connectivity index (χ0n) is 14.1. The smallest absolute Gasteiger partial charge is 0.305 e. The van der Waals surface area contributed by atoms with Crippen LogP contribution in [0, 0.1) is 5.92 Å². The zero-order chi connectivity index (χ0) is 15.1. The summed E-state index contributed by atoms with van der Waals surface area (Å²) in [6, 6.07) is 0. The van der Waals surface area contributed by atoms with E-state index in [1.807, 2.05) is 0 Å². The van der Waals surface area contributed by atoms with Crippen LogP contribution in [-0.2, 0) is 9.53 Å². The Hall–Kier alpha value is -0.530. The fraction of sp³-hybridized carbons (Fsp3) is 0.944. The van der Waals surface area contributed by atoms with E-state index in [1.54, 1.807) is 0 Å². The topological polar surface area (TPSA) is 26.3 Å². The minimum Gasteiger partial charge on any atom is -0.465 e. The Labute approximate surface area is 126 Å². The Kier molecular flexibility index (Phi) is 14.5. The van der Waals surface area contributed by atoms with E-state index in [1.165, 1.54) is 51.4 Å². The van der Waals surface area contributed by atoms with Gasteiger partial charge in [0.1, 0.15) is 0 Å². The van der Waals surface area contributed by atoms with Crippen LogP contribution in [0.3, 0.4) is 0 Å². The van der Waals surface area contributed by atoms with E-state index in [0.717, 1.165) is 19.3 Å². The second kappa shape index (κ2) is 14.9. The Balaban J connectivity index is 3.53. The molecule has 0 radical (unpaired) electrons. The summed E-state index contributed by atoms with van der Waals surface area (Å²) in [5, 5.41) is 0. The molecular weight excluding hydrogens is 248 g/mol. The summed E-state index contributed by atoms with van der Waals surface area (Å²) in [7, 11) is 0. The van der Waals surface area contributed by atoms with Gasteiger partial charge in [-0.25, -0.2) is 0 Å². The normalized spacial score (nSPS) is 12.3. The standard InChI is InChI=1S/C18H36O2/c1-4-7-9-11-13-15-18(19)20-16-17(6-3)14-12-10-8-5-2/h17H,4-16H2,1-3H3. The number of esters is 1. The number of carbonyl (C=O) groups is 1. The van der Waals surface area contributed by atoms with Crippen LogP contribution in [-0.4, -0.2) is 12.6 Å². The van der Waals surface area contributed by atoms with Crippen LogP contribution in [0.5, 0.6) is 0 Å². The van der Waals surface area contributed by atoms with Gasteiger partial charge < -0.3 is 4.74 Å². The van der Waals surface area contributed by atoms with Gasteiger partial charge in [-0.05, 0) is 18.8 Å². The molecule has 0 rings (SSSR count). The van der Waals surface area contributed by atoms with E-state index < -0.39 is 0 Å². The van der Waals surface area contributed by atoms with Crippen molar-refractivity contribution in [3.63, 3.8) is 0 Å². The molecule has 2 nitrogen and oxygen atoms in total. The van der Waals surface area contributed by atoms with Gasteiger partial charge in [-0.2, -0.15) is 0 Å². The molecular formula is C18H36O2. The van der Waals surface area contributed by atoms with Gasteiger partial charge in [0.2, 0.25) is 0 Å². The van der Waals surface area contributed by atoms with E-state index in [4.69, 9.17) is 4.74 Å². The second-order valence-corrected chi connectivity index (χ2v) is 5.97. The molecule has 0 saturated heterocycles. The lowest BCUT2D eigenvalue weighted by molar-refractivity contribution is -0.145. The number of hydrogen-bond donors (Lipinski definition) is 0. The van der Waals surface area contributed by atoms with Crippen molar-refractivity contribution in [3.8, 4) is 0 Å². The quantitative estimate of drug-likeness (QED) is 0.294. The third-order valence-corrected chi connectivity index (χ3v) is 4.01. The number of hydrogen-bond acceptors (Lipinski definition) is 2. The van der Waals surface area contributed by atoms with Crippen molar-refractivity contribution in [1.29, 1.82) is 0 Å². The largest absolute Gasteiger partial charge is 0.465 e. The molecule has 0 spiro atoms. The van der Waals surface area contributed by atoms with Crippen LogP contribution in [0.1, 0.15) is 97.8 Å². The lowest BCUT2D eigenvalue weighted by Crippen LogP contribution is -2.13. The molecule has 0 aliphatic heterocycles. The summed E-state index contributed by atoms with van der Waals surface area (Å²) in [4.78, 5) is 11.7. The third-order valence-electron chi connectivity index (χ3n) is 4.01. The SMILES string of the molecule is CCCCCCCC(=O)OCC(CC)CCCCCC. The summed E-state index contributed by atoms with van der Waals surface area (Å²) in [6.07, 6.45) is 14.1. The molecule has 1 unspecified atom stereocenters. The molecule has 120 valence electrons. The van der Waals surface area contributed by atoms with E-state index in [2.05, 4.69) is 20.8 Å². The summed E-state index contributed by atoms with van der Waals surface area (Å²) in [5.41, 5.74) is 0. The fourth-order valence-electron chi connectivity index (χ4n) is 2.42. The summed E-state index contributed by atoms with van der Waals surface area (Å²) >= 11 is 0. The Bertz CT molecular complexity index is 213. The number of carbonyl (C=O) groups excluding carboxylic acids is 1. The second-order valence-electron chi connectivity index (χ2n) is 5.97. The zero-order valence-corrected chi connectivity index (χ0v) is 14.1. The van der Waals surface area contributed by atoms with Gasteiger partial charge in [0.05, 0.1) is 6.61 Å². The van der Waals surface area contributed by atoms with Crippen molar-refractivity contribution in [2.45, 2.75) is 97.8 Å². The molecule has 0 heterocycles. The minimum absolute atomic E-state index is 0.00788. The molecule has 0 amide bonds. The van der Waals surface area contributed by atoms with E-state index in [9.17, 15) is 4.79 Å². The predicted octanol–water partition coefficient (Wildman–Crippen LogP) is 5.89. The van der Waals surface area contributed by atoms with Crippen molar-refractivity contribution in [1.82, 2.24) is 0 Å². The Morgan fingerprint density at radius 3 is 2.05 bits per heavy atom. The Morgan fingerprint density at radius 1 is 0.850 bits per heavy atom. The average Bonchev–Trinajstić information content (AvgIpc) is 2.46. The maximum Gasteiger partial charge on any atom is 0.305 e. The predicted molar refractivity (Wildman–Crippen MR) is 86.9 cm³/mol. The molecule has 0 N–H and O–H groups in total. The van der Waals surface area contributed by atoms with Crippen LogP contribution in [0.25, 0.3) is 0 Å². The van der Waals surface area contributed by atoms with Gasteiger partial charge in [-0.15, -0.1) is 0 Å². The maximum atomic E-state index is 11.7. The third kappa shape index (κ3) is 12.5. The maximum absolute atomic E-state index is 11.7. The molecule has 0 aliphatic carbocycles. The molecule has 1 atom stereocenters. The summed E-state index contributed by atoms with van der Waals surface area (Å²) < 4.78 is 5.42. The van der Waals surface area contributed by atoms with Crippen LogP contribution < -0.4 is 0 Å². The van der Waals surface area contributed by atoms with Crippen molar-refractivity contribution in [2.75, 3.05) is 6.61 Å². The van der Waals surface area contributed by atoms with Gasteiger partial charge in [-0.1, -0.05) is 78.6 Å². The van der Waals surface area contributed by atoms with E-state index in [0.29, 0.717) is 18.9 Å². The van der Waals surface area contributed by atoms with Crippen LogP contribution in [0.15, 0.2) is 0 Å². The first-order valence-electron chi connectivity index (χ1n) is 8.90. The molecule has 0 aromatic rings. The highest BCUT2D eigenvalue weighted by Crippen LogP contribution is 2.15. The van der Waals surface area contributed by atoms with Gasteiger partial charge in [0.25, 0.3) is 0 Å². The lowest BCUT2D eigenvalue weighted by Gasteiger charge is -2.15. The first kappa shape index (κ1) is 19.5. The van der Waals surface area contributed by atoms with Crippen LogP contribution >= 0.6 is 0 Å². The van der Waals surface area contributed by atoms with Gasteiger partial charge in [0.15, 0.2) is 0 Å². The fourth-order valence-corrected chi connectivity index (χ4v) is 2.42. The molecule has 0 saturated carbocycles. The van der Waals surface area contributed by atoms with Gasteiger partial charge >= 0.3 is 5.97 Å². The lowest BCUT2D eigenvalue weighted by atomic mass is 9.99. The number of unbranched alkanes of at least 4 members (excludes halogenated alkanes) is 7. The monoisotopic (exact) mass is 284 g/mol. The van der Waals surface area contributed by atoms with Gasteiger partial charge in [0, 0.05) is 6.42 Å². The Morgan fingerprint density at radius 2 is 1.45 bits per heavy atom. The molecule has 20 heavy (non-hydrogen) atoms. The van der Waals surface area contributed by atoms with Crippen LogP contribution in [0.4, 0.5) is 0 Å². The average molecular weight is 284 g/mol. The highest BCUT2D eigenvalue weighted by atomic mass is 16.5. The highest BCUT2D eigenvalue weighted by molar-refractivity contribution is 5.69. The van der Waals surface area contributed by atoms with Crippen LogP contribution in [0.2, 0.25) is 0 Å². The number of rotatable bonds is 14. The number of ether oxygens (including phenoxy) is 1.